The summed E-state index contributed by atoms with van der Waals surface area (Å²) in [6.07, 6.45) is 4.83. The predicted octanol–water partition coefficient (Wildman–Crippen LogP) is 5.74. The highest BCUT2D eigenvalue weighted by Crippen LogP contribution is 2.30. The molecular formula is C24H38N2O3. The lowest BCUT2D eigenvalue weighted by Gasteiger charge is -2.36. The lowest BCUT2D eigenvalue weighted by atomic mass is 9.83. The standard InChI is InChI=1S/C24H38N2O3/c1-23(2,3)18-13-15-19(16-14-18)25-21(27)20(17-11-9-8-10-12-17)26(7)22(28)29-24(4,5)6/h13-17,20H,8-12H2,1-7H3,(H,25,27)/t20-/m1/s1. The zero-order valence-electron chi connectivity index (χ0n) is 19.2. The Kier molecular flexibility index (Phi) is 7.36. The predicted molar refractivity (Wildman–Crippen MR) is 118 cm³/mol. The van der Waals surface area contributed by atoms with E-state index in [1.54, 1.807) is 7.05 Å². The van der Waals surface area contributed by atoms with Crippen LogP contribution in [0.25, 0.3) is 0 Å². The Hall–Kier alpha value is -2.04. The van der Waals surface area contributed by atoms with Crippen LogP contribution in [0.4, 0.5) is 10.5 Å². The second-order valence-corrected chi connectivity index (χ2v) is 10.3. The van der Waals surface area contributed by atoms with Crippen LogP contribution in [0.5, 0.6) is 0 Å². The summed E-state index contributed by atoms with van der Waals surface area (Å²) in [7, 11) is 1.68. The molecule has 0 heterocycles. The molecule has 0 aromatic heterocycles. The smallest absolute Gasteiger partial charge is 0.410 e. The second kappa shape index (κ2) is 9.19. The summed E-state index contributed by atoms with van der Waals surface area (Å²) in [5.74, 6) is 0.00360. The van der Waals surface area contributed by atoms with Gasteiger partial charge in [-0.3, -0.25) is 9.69 Å². The van der Waals surface area contributed by atoms with Crippen LogP contribution in [0.1, 0.15) is 79.2 Å². The number of benzene rings is 1. The zero-order valence-corrected chi connectivity index (χ0v) is 19.2. The molecule has 2 amide bonds. The van der Waals surface area contributed by atoms with E-state index in [9.17, 15) is 9.59 Å². The highest BCUT2D eigenvalue weighted by Gasteiger charge is 2.37. The first-order chi connectivity index (χ1) is 13.4. The van der Waals surface area contributed by atoms with Gasteiger partial charge in [-0.1, -0.05) is 52.2 Å². The van der Waals surface area contributed by atoms with Crippen LogP contribution < -0.4 is 5.32 Å². The number of rotatable bonds is 4. The first kappa shape index (κ1) is 23.2. The lowest BCUT2D eigenvalue weighted by Crippen LogP contribution is -2.51. The SMILES string of the molecule is CN(C(=O)OC(C)(C)C)[C@@H](C(=O)Nc1ccc(C(C)(C)C)cc1)C1CCCCC1. The van der Waals surface area contributed by atoms with Gasteiger partial charge in [-0.2, -0.15) is 0 Å². The summed E-state index contributed by atoms with van der Waals surface area (Å²) in [5.41, 5.74) is 1.43. The van der Waals surface area contributed by atoms with Crippen molar-refractivity contribution in [1.82, 2.24) is 4.90 Å². The van der Waals surface area contributed by atoms with Gasteiger partial charge in [-0.15, -0.1) is 0 Å². The molecule has 0 radical (unpaired) electrons. The number of likely N-dealkylation sites (N-methyl/N-ethyl adjacent to an activating group) is 1. The summed E-state index contributed by atoms with van der Waals surface area (Å²) >= 11 is 0. The Morgan fingerprint density at radius 1 is 1.00 bits per heavy atom. The van der Waals surface area contributed by atoms with Gasteiger partial charge < -0.3 is 10.1 Å². The minimum Gasteiger partial charge on any atom is -0.444 e. The third-order valence-electron chi connectivity index (χ3n) is 5.48. The number of carbonyl (C=O) groups is 2. The van der Waals surface area contributed by atoms with Gasteiger partial charge in [0.2, 0.25) is 5.91 Å². The maximum Gasteiger partial charge on any atom is 0.410 e. The molecular weight excluding hydrogens is 364 g/mol. The van der Waals surface area contributed by atoms with Crippen LogP contribution in [-0.2, 0) is 14.9 Å². The van der Waals surface area contributed by atoms with Crippen LogP contribution in [0, 0.1) is 5.92 Å². The van der Waals surface area contributed by atoms with E-state index in [2.05, 4.69) is 26.1 Å². The average Bonchev–Trinajstić information content (AvgIpc) is 2.61. The molecule has 29 heavy (non-hydrogen) atoms. The molecule has 1 atom stereocenters. The van der Waals surface area contributed by atoms with Crippen molar-refractivity contribution in [3.63, 3.8) is 0 Å². The number of nitrogens with zero attached hydrogens (tertiary/aromatic N) is 1. The van der Waals surface area contributed by atoms with E-state index in [0.29, 0.717) is 0 Å². The fraction of sp³-hybridized carbons (Fsp3) is 0.667. The number of anilines is 1. The largest absolute Gasteiger partial charge is 0.444 e. The number of ether oxygens (including phenoxy) is 1. The molecule has 2 rings (SSSR count). The molecule has 0 unspecified atom stereocenters. The van der Waals surface area contributed by atoms with E-state index in [0.717, 1.165) is 31.4 Å². The molecule has 1 N–H and O–H groups in total. The van der Waals surface area contributed by atoms with Crippen molar-refractivity contribution in [1.29, 1.82) is 0 Å². The van der Waals surface area contributed by atoms with Gasteiger partial charge in [0.05, 0.1) is 0 Å². The van der Waals surface area contributed by atoms with E-state index >= 15 is 0 Å². The van der Waals surface area contributed by atoms with Crippen LogP contribution >= 0.6 is 0 Å². The molecule has 5 nitrogen and oxygen atoms in total. The Morgan fingerprint density at radius 3 is 2.03 bits per heavy atom. The zero-order chi connectivity index (χ0) is 21.8. The highest BCUT2D eigenvalue weighted by molar-refractivity contribution is 5.96. The quantitative estimate of drug-likeness (QED) is 0.699. The Bertz CT molecular complexity index is 692. The third kappa shape index (κ3) is 6.76. The molecule has 1 aromatic rings. The summed E-state index contributed by atoms with van der Waals surface area (Å²) in [6.45, 7) is 12.0. The number of nitrogens with one attached hydrogen (secondary N) is 1. The van der Waals surface area contributed by atoms with E-state index < -0.39 is 17.7 Å². The fourth-order valence-corrected chi connectivity index (χ4v) is 3.87. The van der Waals surface area contributed by atoms with Gasteiger partial charge in [0.15, 0.2) is 0 Å². The highest BCUT2D eigenvalue weighted by atomic mass is 16.6. The van der Waals surface area contributed by atoms with Crippen LogP contribution in [0.2, 0.25) is 0 Å². The molecule has 1 aromatic carbocycles. The summed E-state index contributed by atoms with van der Waals surface area (Å²) in [5, 5.41) is 3.03. The van der Waals surface area contributed by atoms with Crippen molar-refractivity contribution in [2.45, 2.75) is 90.7 Å². The molecule has 5 heteroatoms. The number of carbonyl (C=O) groups excluding carboxylic acids is 2. The monoisotopic (exact) mass is 402 g/mol. The van der Waals surface area contributed by atoms with Gasteiger partial charge in [0.25, 0.3) is 0 Å². The van der Waals surface area contributed by atoms with Crippen LogP contribution in [-0.4, -0.2) is 35.6 Å². The molecule has 1 fully saturated rings. The molecule has 0 spiro atoms. The Morgan fingerprint density at radius 2 is 1.55 bits per heavy atom. The summed E-state index contributed by atoms with van der Waals surface area (Å²) in [4.78, 5) is 27.4. The van der Waals surface area contributed by atoms with Crippen molar-refractivity contribution in [3.05, 3.63) is 29.8 Å². The van der Waals surface area contributed by atoms with Gasteiger partial charge in [-0.05, 0) is 62.6 Å². The van der Waals surface area contributed by atoms with Gasteiger partial charge in [0.1, 0.15) is 11.6 Å². The minimum absolute atomic E-state index is 0.0596. The topological polar surface area (TPSA) is 58.6 Å². The molecule has 0 saturated heterocycles. The molecule has 1 aliphatic rings. The van der Waals surface area contributed by atoms with Gasteiger partial charge >= 0.3 is 6.09 Å². The van der Waals surface area contributed by atoms with Gasteiger partial charge in [-0.25, -0.2) is 4.79 Å². The molecule has 1 aliphatic carbocycles. The maximum absolute atomic E-state index is 13.2. The average molecular weight is 403 g/mol. The van der Waals surface area contributed by atoms with Crippen LogP contribution in [0.15, 0.2) is 24.3 Å². The first-order valence-electron chi connectivity index (χ1n) is 10.8. The van der Waals surface area contributed by atoms with E-state index in [-0.39, 0.29) is 17.2 Å². The van der Waals surface area contributed by atoms with Crippen molar-refractivity contribution in [2.75, 3.05) is 12.4 Å². The summed E-state index contributed by atoms with van der Waals surface area (Å²) < 4.78 is 5.53. The second-order valence-electron chi connectivity index (χ2n) is 10.3. The summed E-state index contributed by atoms with van der Waals surface area (Å²) in [6, 6.07) is 7.42. The number of amides is 2. The fourth-order valence-electron chi connectivity index (χ4n) is 3.87. The van der Waals surface area contributed by atoms with Crippen molar-refractivity contribution < 1.29 is 14.3 Å². The van der Waals surface area contributed by atoms with Crippen molar-refractivity contribution in [3.8, 4) is 0 Å². The third-order valence-corrected chi connectivity index (χ3v) is 5.48. The normalized spacial score (nSPS) is 16.8. The number of hydrogen-bond donors (Lipinski definition) is 1. The molecule has 162 valence electrons. The molecule has 1 saturated carbocycles. The lowest BCUT2D eigenvalue weighted by molar-refractivity contribution is -0.123. The molecule has 0 aliphatic heterocycles. The van der Waals surface area contributed by atoms with Crippen LogP contribution in [0.3, 0.4) is 0 Å². The van der Waals surface area contributed by atoms with Gasteiger partial charge in [0, 0.05) is 12.7 Å². The van der Waals surface area contributed by atoms with E-state index in [1.165, 1.54) is 16.9 Å². The first-order valence-corrected chi connectivity index (χ1v) is 10.8. The van der Waals surface area contributed by atoms with Crippen molar-refractivity contribution >= 4 is 17.7 Å². The van der Waals surface area contributed by atoms with Crippen molar-refractivity contribution in [2.24, 2.45) is 5.92 Å². The minimum atomic E-state index is -0.596. The Balaban J connectivity index is 2.19. The van der Waals surface area contributed by atoms with E-state index in [4.69, 9.17) is 4.74 Å². The van der Waals surface area contributed by atoms with E-state index in [1.807, 2.05) is 45.0 Å². The molecule has 0 bridgehead atoms. The Labute approximate surface area is 176 Å². The maximum atomic E-state index is 13.2. The number of hydrogen-bond acceptors (Lipinski definition) is 3.